The molecular weight excluding hydrogens is 434 g/mol. The van der Waals surface area contributed by atoms with Gasteiger partial charge in [-0.2, -0.15) is 9.78 Å². The van der Waals surface area contributed by atoms with E-state index in [1.807, 2.05) is 36.5 Å². The lowest BCUT2D eigenvalue weighted by molar-refractivity contribution is 0.112. The summed E-state index contributed by atoms with van der Waals surface area (Å²) in [5.41, 5.74) is 1.39. The van der Waals surface area contributed by atoms with E-state index in [4.69, 9.17) is 4.74 Å². The Kier molecular flexibility index (Phi) is 6.75. The summed E-state index contributed by atoms with van der Waals surface area (Å²) in [7, 11) is 2.13. The van der Waals surface area contributed by atoms with Gasteiger partial charge in [-0.05, 0) is 43.5 Å². The highest BCUT2D eigenvalue weighted by atomic mass is 32.1. The highest BCUT2D eigenvalue weighted by Crippen LogP contribution is 2.28. The maximum Gasteiger partial charge on any atom is 0.316 e. The third-order valence-electron chi connectivity index (χ3n) is 6.54. The molecule has 0 amide bonds. The maximum absolute atomic E-state index is 13.6. The van der Waals surface area contributed by atoms with Gasteiger partial charge < -0.3 is 14.5 Å². The molecule has 5 rings (SSSR count). The zero-order valence-electron chi connectivity index (χ0n) is 19.1. The fraction of sp³-hybridized carbons (Fsp3) is 0.440. The number of para-hydroxylation sites is 1. The average Bonchev–Trinajstić information content (AvgIpc) is 3.36. The van der Waals surface area contributed by atoms with Crippen molar-refractivity contribution in [2.45, 2.75) is 25.5 Å². The quantitative estimate of drug-likeness (QED) is 0.558. The second-order valence-electron chi connectivity index (χ2n) is 8.87. The van der Waals surface area contributed by atoms with Gasteiger partial charge in [0.15, 0.2) is 0 Å². The first-order valence-electron chi connectivity index (χ1n) is 11.7. The van der Waals surface area contributed by atoms with E-state index >= 15 is 0 Å². The molecule has 2 saturated heterocycles. The molecule has 8 heteroatoms. The van der Waals surface area contributed by atoms with Gasteiger partial charge in [0.25, 0.3) is 0 Å². The Balaban J connectivity index is 1.39. The molecule has 0 N–H and O–H groups in total. The number of ether oxygens (including phenoxy) is 1. The molecule has 0 aliphatic carbocycles. The molecule has 4 heterocycles. The largest absolute Gasteiger partial charge is 0.483 e. The Bertz CT molecular complexity index is 1090. The first kappa shape index (κ1) is 22.1. The normalized spacial score (nSPS) is 18.5. The number of nitrogens with zero attached hydrogens (tertiary/aromatic N) is 5. The van der Waals surface area contributed by atoms with Crippen molar-refractivity contribution >= 4 is 17.0 Å². The maximum atomic E-state index is 13.6. The minimum Gasteiger partial charge on any atom is -0.483 e. The van der Waals surface area contributed by atoms with Gasteiger partial charge in [-0.15, -0.1) is 11.3 Å². The minimum atomic E-state index is -0.182. The molecule has 174 valence electrons. The summed E-state index contributed by atoms with van der Waals surface area (Å²) in [4.78, 5) is 22.0. The third kappa shape index (κ3) is 5.13. The number of hydrogen-bond donors (Lipinski definition) is 0. The van der Waals surface area contributed by atoms with Crippen molar-refractivity contribution in [3.05, 3.63) is 69.3 Å². The Hall–Kier alpha value is -2.68. The summed E-state index contributed by atoms with van der Waals surface area (Å²) in [6.07, 6.45) is 3.72. The fourth-order valence-corrected chi connectivity index (χ4v) is 5.30. The van der Waals surface area contributed by atoms with E-state index in [0.717, 1.165) is 70.0 Å². The summed E-state index contributed by atoms with van der Waals surface area (Å²) >= 11 is 1.80. The standard InChI is InChI=1S/C25H31N5O2S/c1-27-11-9-21(10-12-27)32-24-23(18-26-30(25(24)31)20-6-3-2-4-7-20)29-15-13-28(14-16-29)19-22-8-5-17-33-22/h2-8,17-18,21H,9-16,19H2,1H3. The van der Waals surface area contributed by atoms with Crippen LogP contribution >= 0.6 is 11.3 Å². The summed E-state index contributed by atoms with van der Waals surface area (Å²) in [5, 5.41) is 6.66. The molecule has 0 bridgehead atoms. The number of anilines is 1. The van der Waals surface area contributed by atoms with Crippen LogP contribution in [0.25, 0.3) is 5.69 Å². The van der Waals surface area contributed by atoms with E-state index in [0.29, 0.717) is 5.75 Å². The van der Waals surface area contributed by atoms with Crippen LogP contribution in [0.2, 0.25) is 0 Å². The van der Waals surface area contributed by atoms with Gasteiger partial charge in [0, 0.05) is 50.7 Å². The van der Waals surface area contributed by atoms with Crippen molar-refractivity contribution < 1.29 is 4.74 Å². The number of thiophene rings is 1. The predicted octanol–water partition coefficient (Wildman–Crippen LogP) is 3.09. The van der Waals surface area contributed by atoms with E-state index in [1.54, 1.807) is 11.3 Å². The molecule has 2 fully saturated rings. The third-order valence-corrected chi connectivity index (χ3v) is 7.40. The van der Waals surface area contributed by atoms with Crippen LogP contribution in [-0.2, 0) is 6.54 Å². The second kappa shape index (κ2) is 10.1. The van der Waals surface area contributed by atoms with E-state index in [-0.39, 0.29) is 11.7 Å². The van der Waals surface area contributed by atoms with Gasteiger partial charge in [-0.3, -0.25) is 9.69 Å². The number of piperazine rings is 1. The number of aromatic nitrogens is 2. The molecule has 0 spiro atoms. The van der Waals surface area contributed by atoms with Crippen LogP contribution in [0.15, 0.2) is 58.8 Å². The van der Waals surface area contributed by atoms with E-state index in [1.165, 1.54) is 9.56 Å². The molecule has 0 unspecified atom stereocenters. The second-order valence-corrected chi connectivity index (χ2v) is 9.91. The molecule has 2 aliphatic rings. The van der Waals surface area contributed by atoms with Crippen LogP contribution in [0.5, 0.6) is 5.75 Å². The summed E-state index contributed by atoms with van der Waals surface area (Å²) < 4.78 is 7.90. The number of likely N-dealkylation sites (tertiary alicyclic amines) is 1. The van der Waals surface area contributed by atoms with Crippen molar-refractivity contribution in [2.75, 3.05) is 51.2 Å². The molecular formula is C25H31N5O2S. The summed E-state index contributed by atoms with van der Waals surface area (Å²) in [6, 6.07) is 13.9. The van der Waals surface area contributed by atoms with Crippen molar-refractivity contribution in [3.63, 3.8) is 0 Å². The Labute approximate surface area is 198 Å². The van der Waals surface area contributed by atoms with Crippen molar-refractivity contribution in [1.82, 2.24) is 19.6 Å². The number of piperidine rings is 1. The monoisotopic (exact) mass is 465 g/mol. The van der Waals surface area contributed by atoms with Gasteiger partial charge in [-0.25, -0.2) is 0 Å². The first-order valence-corrected chi connectivity index (χ1v) is 12.6. The molecule has 1 aromatic carbocycles. The van der Waals surface area contributed by atoms with Crippen LogP contribution < -0.4 is 15.2 Å². The van der Waals surface area contributed by atoms with Gasteiger partial charge in [0.2, 0.25) is 5.75 Å². The molecule has 2 aromatic heterocycles. The molecule has 0 radical (unpaired) electrons. The highest BCUT2D eigenvalue weighted by Gasteiger charge is 2.27. The lowest BCUT2D eigenvalue weighted by atomic mass is 10.1. The number of rotatable bonds is 6. The van der Waals surface area contributed by atoms with Crippen LogP contribution in [0.3, 0.4) is 0 Å². The molecule has 3 aromatic rings. The van der Waals surface area contributed by atoms with Crippen LogP contribution in [0.1, 0.15) is 17.7 Å². The predicted molar refractivity (Wildman–Crippen MR) is 133 cm³/mol. The van der Waals surface area contributed by atoms with Gasteiger partial charge in [0.05, 0.1) is 11.9 Å². The summed E-state index contributed by atoms with van der Waals surface area (Å²) in [5.74, 6) is 0.440. The van der Waals surface area contributed by atoms with E-state index < -0.39 is 0 Å². The zero-order valence-corrected chi connectivity index (χ0v) is 19.9. The van der Waals surface area contributed by atoms with Gasteiger partial charge >= 0.3 is 5.56 Å². The first-order chi connectivity index (χ1) is 16.2. The Morgan fingerprint density at radius 3 is 2.45 bits per heavy atom. The molecule has 2 aliphatic heterocycles. The molecule has 33 heavy (non-hydrogen) atoms. The highest BCUT2D eigenvalue weighted by molar-refractivity contribution is 7.09. The molecule has 7 nitrogen and oxygen atoms in total. The van der Waals surface area contributed by atoms with Crippen LogP contribution in [0.4, 0.5) is 5.69 Å². The number of hydrogen-bond acceptors (Lipinski definition) is 7. The molecule has 0 saturated carbocycles. The van der Waals surface area contributed by atoms with Crippen LogP contribution in [-0.4, -0.2) is 72.0 Å². The van der Waals surface area contributed by atoms with Crippen molar-refractivity contribution in [3.8, 4) is 11.4 Å². The average molecular weight is 466 g/mol. The van der Waals surface area contributed by atoms with Crippen molar-refractivity contribution in [1.29, 1.82) is 0 Å². The van der Waals surface area contributed by atoms with Gasteiger partial charge in [0.1, 0.15) is 11.8 Å². The van der Waals surface area contributed by atoms with E-state index in [9.17, 15) is 4.79 Å². The number of benzene rings is 1. The van der Waals surface area contributed by atoms with E-state index in [2.05, 4.69) is 44.4 Å². The van der Waals surface area contributed by atoms with Crippen molar-refractivity contribution in [2.24, 2.45) is 0 Å². The zero-order chi connectivity index (χ0) is 22.6. The lowest BCUT2D eigenvalue weighted by Gasteiger charge is -2.37. The lowest BCUT2D eigenvalue weighted by Crippen LogP contribution is -2.46. The molecule has 0 atom stereocenters. The Morgan fingerprint density at radius 2 is 1.76 bits per heavy atom. The van der Waals surface area contributed by atoms with Crippen LogP contribution in [0, 0.1) is 0 Å². The Morgan fingerprint density at radius 1 is 1.00 bits per heavy atom. The smallest absolute Gasteiger partial charge is 0.316 e. The topological polar surface area (TPSA) is 53.8 Å². The fourth-order valence-electron chi connectivity index (χ4n) is 4.56. The van der Waals surface area contributed by atoms with Gasteiger partial charge in [-0.1, -0.05) is 24.3 Å². The SMILES string of the molecule is CN1CCC(Oc2c(N3CCN(Cc4cccs4)CC3)cnn(-c3ccccc3)c2=O)CC1. The minimum absolute atomic E-state index is 0.0550. The summed E-state index contributed by atoms with van der Waals surface area (Å²) in [6.45, 7) is 6.56.